The van der Waals surface area contributed by atoms with Gasteiger partial charge in [0.15, 0.2) is 0 Å². The molecule has 5 nitrogen and oxygen atoms in total. The molecule has 0 fully saturated rings. The minimum Gasteiger partial charge on any atom is -0.354 e. The van der Waals surface area contributed by atoms with Crippen molar-refractivity contribution in [2.75, 3.05) is 17.2 Å². The van der Waals surface area contributed by atoms with Gasteiger partial charge in [-0.2, -0.15) is 15.0 Å². The highest BCUT2D eigenvalue weighted by Crippen LogP contribution is 2.12. The second-order valence-corrected chi connectivity index (χ2v) is 3.78. The Morgan fingerprint density at radius 3 is 2.25 bits per heavy atom. The van der Waals surface area contributed by atoms with Gasteiger partial charge in [0.1, 0.15) is 0 Å². The Balaban J connectivity index is 2.78. The SMILES string of the molecule is CCNc1nc(Cl)nc(NC(CC)CC)n1. The van der Waals surface area contributed by atoms with Gasteiger partial charge in [0, 0.05) is 12.6 Å². The molecule has 6 heteroatoms. The topological polar surface area (TPSA) is 62.7 Å². The maximum atomic E-state index is 5.81. The number of nitrogens with one attached hydrogen (secondary N) is 2. The van der Waals surface area contributed by atoms with Crippen molar-refractivity contribution in [3.8, 4) is 0 Å². The van der Waals surface area contributed by atoms with Crippen LogP contribution in [0.3, 0.4) is 0 Å². The number of halogens is 1. The van der Waals surface area contributed by atoms with Gasteiger partial charge in [-0.1, -0.05) is 13.8 Å². The van der Waals surface area contributed by atoms with Crippen LogP contribution in [0.25, 0.3) is 0 Å². The molecule has 0 aromatic carbocycles. The fourth-order valence-electron chi connectivity index (χ4n) is 1.33. The second-order valence-electron chi connectivity index (χ2n) is 3.44. The lowest BCUT2D eigenvalue weighted by molar-refractivity contribution is 0.664. The Morgan fingerprint density at radius 2 is 1.69 bits per heavy atom. The number of hydrogen-bond donors (Lipinski definition) is 2. The van der Waals surface area contributed by atoms with Crippen LogP contribution in [-0.2, 0) is 0 Å². The first-order valence-electron chi connectivity index (χ1n) is 5.61. The lowest BCUT2D eigenvalue weighted by atomic mass is 10.2. The molecule has 0 amide bonds. The van der Waals surface area contributed by atoms with Crippen molar-refractivity contribution in [2.45, 2.75) is 39.7 Å². The summed E-state index contributed by atoms with van der Waals surface area (Å²) in [5, 5.41) is 6.45. The zero-order chi connectivity index (χ0) is 12.0. The largest absolute Gasteiger partial charge is 0.354 e. The number of nitrogens with zero attached hydrogens (tertiary/aromatic N) is 3. The monoisotopic (exact) mass is 243 g/mol. The molecule has 1 heterocycles. The zero-order valence-electron chi connectivity index (χ0n) is 9.92. The molecule has 1 aromatic heterocycles. The fraction of sp³-hybridized carbons (Fsp3) is 0.700. The predicted molar refractivity (Wildman–Crippen MR) is 67.0 cm³/mol. The summed E-state index contributed by atoms with van der Waals surface area (Å²) in [6.45, 7) is 6.97. The van der Waals surface area contributed by atoms with Gasteiger partial charge >= 0.3 is 0 Å². The summed E-state index contributed by atoms with van der Waals surface area (Å²) in [6, 6.07) is 0.368. The maximum absolute atomic E-state index is 5.81. The molecule has 0 atom stereocenters. The van der Waals surface area contributed by atoms with Crippen LogP contribution in [0.2, 0.25) is 5.28 Å². The van der Waals surface area contributed by atoms with Crippen LogP contribution < -0.4 is 10.6 Å². The highest BCUT2D eigenvalue weighted by Gasteiger charge is 2.08. The molecule has 2 N–H and O–H groups in total. The van der Waals surface area contributed by atoms with E-state index in [-0.39, 0.29) is 5.28 Å². The summed E-state index contributed by atoms with van der Waals surface area (Å²) in [7, 11) is 0. The standard InChI is InChI=1S/C10H18ClN5/c1-4-7(5-2)13-10-15-8(11)14-9(16-10)12-6-3/h7H,4-6H2,1-3H3,(H2,12,13,14,15,16). The molecule has 0 aliphatic heterocycles. The van der Waals surface area contributed by atoms with E-state index in [4.69, 9.17) is 11.6 Å². The van der Waals surface area contributed by atoms with Gasteiger partial charge in [-0.3, -0.25) is 0 Å². The first-order valence-corrected chi connectivity index (χ1v) is 5.99. The molecule has 90 valence electrons. The molecule has 0 radical (unpaired) electrons. The number of aromatic nitrogens is 3. The summed E-state index contributed by atoms with van der Waals surface area (Å²) in [5.74, 6) is 1.04. The van der Waals surface area contributed by atoms with E-state index >= 15 is 0 Å². The van der Waals surface area contributed by atoms with Gasteiger partial charge in [0.25, 0.3) is 0 Å². The molecular formula is C10H18ClN5. The van der Waals surface area contributed by atoms with Crippen molar-refractivity contribution < 1.29 is 0 Å². The summed E-state index contributed by atoms with van der Waals surface area (Å²) in [5.41, 5.74) is 0. The third kappa shape index (κ3) is 3.81. The molecule has 0 spiro atoms. The molecule has 0 bridgehead atoms. The van der Waals surface area contributed by atoms with Crippen molar-refractivity contribution in [3.05, 3.63) is 5.28 Å². The lowest BCUT2D eigenvalue weighted by Crippen LogP contribution is -2.19. The molecular weight excluding hydrogens is 226 g/mol. The number of hydrogen-bond acceptors (Lipinski definition) is 5. The van der Waals surface area contributed by atoms with Gasteiger partial charge in [-0.25, -0.2) is 0 Å². The average molecular weight is 244 g/mol. The van der Waals surface area contributed by atoms with E-state index < -0.39 is 0 Å². The quantitative estimate of drug-likeness (QED) is 0.804. The molecule has 0 aliphatic rings. The zero-order valence-corrected chi connectivity index (χ0v) is 10.7. The molecule has 0 aliphatic carbocycles. The van der Waals surface area contributed by atoms with Crippen LogP contribution in [0, 0.1) is 0 Å². The molecule has 16 heavy (non-hydrogen) atoms. The summed E-state index contributed by atoms with van der Waals surface area (Å²) < 4.78 is 0. The third-order valence-corrected chi connectivity index (χ3v) is 2.43. The van der Waals surface area contributed by atoms with Crippen molar-refractivity contribution in [2.24, 2.45) is 0 Å². The third-order valence-electron chi connectivity index (χ3n) is 2.26. The summed E-state index contributed by atoms with van der Waals surface area (Å²) in [4.78, 5) is 12.2. The van der Waals surface area contributed by atoms with E-state index in [1.54, 1.807) is 0 Å². The van der Waals surface area contributed by atoms with Crippen molar-refractivity contribution >= 4 is 23.5 Å². The molecule has 1 rings (SSSR count). The van der Waals surface area contributed by atoms with E-state index in [1.165, 1.54) is 0 Å². The van der Waals surface area contributed by atoms with Gasteiger partial charge in [-0.05, 0) is 31.4 Å². The highest BCUT2D eigenvalue weighted by molar-refractivity contribution is 6.28. The van der Waals surface area contributed by atoms with Crippen LogP contribution in [0.4, 0.5) is 11.9 Å². The molecule has 1 aromatic rings. The molecule has 0 saturated heterocycles. The summed E-state index contributed by atoms with van der Waals surface area (Å²) in [6.07, 6.45) is 2.05. The van der Waals surface area contributed by atoms with Gasteiger partial charge in [-0.15, -0.1) is 0 Å². The number of anilines is 2. The van der Waals surface area contributed by atoms with E-state index in [2.05, 4.69) is 39.4 Å². The first-order chi connectivity index (χ1) is 7.69. The maximum Gasteiger partial charge on any atom is 0.229 e. The smallest absolute Gasteiger partial charge is 0.229 e. The van der Waals surface area contributed by atoms with Crippen molar-refractivity contribution in [3.63, 3.8) is 0 Å². The minimum absolute atomic E-state index is 0.208. The lowest BCUT2D eigenvalue weighted by Gasteiger charge is -2.14. The summed E-state index contributed by atoms with van der Waals surface area (Å²) >= 11 is 5.81. The molecule has 0 unspecified atom stereocenters. The van der Waals surface area contributed by atoms with Crippen molar-refractivity contribution in [1.82, 2.24) is 15.0 Å². The van der Waals surface area contributed by atoms with Crippen LogP contribution >= 0.6 is 11.6 Å². The minimum atomic E-state index is 0.208. The van der Waals surface area contributed by atoms with Crippen molar-refractivity contribution in [1.29, 1.82) is 0 Å². The predicted octanol–water partition coefficient (Wildman–Crippen LogP) is 2.56. The number of rotatable bonds is 6. The van der Waals surface area contributed by atoms with Crippen LogP contribution in [0.1, 0.15) is 33.6 Å². The van der Waals surface area contributed by atoms with Gasteiger partial charge in [0.05, 0.1) is 0 Å². The Kier molecular flexibility index (Phi) is 5.25. The van der Waals surface area contributed by atoms with E-state index in [9.17, 15) is 0 Å². The van der Waals surface area contributed by atoms with E-state index in [0.717, 1.165) is 19.4 Å². The Morgan fingerprint density at radius 1 is 1.06 bits per heavy atom. The normalized spacial score (nSPS) is 10.6. The first kappa shape index (κ1) is 13.0. The second kappa shape index (κ2) is 6.48. The van der Waals surface area contributed by atoms with E-state index in [0.29, 0.717) is 17.9 Å². The Bertz CT molecular complexity index is 327. The molecule has 0 saturated carbocycles. The van der Waals surface area contributed by atoms with Crippen LogP contribution in [0.15, 0.2) is 0 Å². The fourth-order valence-corrected chi connectivity index (χ4v) is 1.49. The van der Waals surface area contributed by atoms with Crippen LogP contribution in [0.5, 0.6) is 0 Å². The Labute approximate surface area is 101 Å². The highest BCUT2D eigenvalue weighted by atomic mass is 35.5. The van der Waals surface area contributed by atoms with Gasteiger partial charge < -0.3 is 10.6 Å². The average Bonchev–Trinajstić information content (AvgIpc) is 2.25. The van der Waals surface area contributed by atoms with E-state index in [1.807, 2.05) is 6.92 Å². The van der Waals surface area contributed by atoms with Crippen LogP contribution in [-0.4, -0.2) is 27.5 Å². The Hall–Kier alpha value is -1.10. The van der Waals surface area contributed by atoms with Gasteiger partial charge in [0.2, 0.25) is 17.2 Å².